The van der Waals surface area contributed by atoms with Crippen LogP contribution in [0.4, 0.5) is 0 Å². The Morgan fingerprint density at radius 1 is 1.00 bits per heavy atom. The van der Waals surface area contributed by atoms with Crippen LogP contribution in [0.5, 0.6) is 17.2 Å². The summed E-state index contributed by atoms with van der Waals surface area (Å²) in [5.41, 5.74) is -0.916. The van der Waals surface area contributed by atoms with Crippen LogP contribution in [-0.2, 0) is 4.79 Å². The second-order valence-electron chi connectivity index (χ2n) is 6.15. The number of carbonyl (C=O) groups excluding carboxylic acids is 1. The molecule has 0 aliphatic heterocycles. The molecule has 1 aromatic carbocycles. The fourth-order valence-corrected chi connectivity index (χ4v) is 3.18. The maximum absolute atomic E-state index is 12.8. The molecular weight excluding hydrogens is 338 g/mol. The Morgan fingerprint density at radius 2 is 1.50 bits per heavy atom. The summed E-state index contributed by atoms with van der Waals surface area (Å²) >= 11 is 0. The summed E-state index contributed by atoms with van der Waals surface area (Å²) in [7, 11) is 0. The van der Waals surface area contributed by atoms with Gasteiger partial charge >= 0.3 is 5.97 Å². The van der Waals surface area contributed by atoms with E-state index in [1.54, 1.807) is 12.1 Å². The van der Waals surface area contributed by atoms with Gasteiger partial charge in [-0.1, -0.05) is 12.8 Å². The average molecular weight is 365 g/mol. The normalized spacial score (nSPS) is 15.3. The van der Waals surface area contributed by atoms with Crippen LogP contribution < -0.4 is 19.5 Å². The van der Waals surface area contributed by atoms with Crippen molar-refractivity contribution >= 4 is 11.9 Å². The molecule has 1 amide bonds. The van der Waals surface area contributed by atoms with Crippen molar-refractivity contribution in [2.45, 2.75) is 52.0 Å². The highest BCUT2D eigenvalue weighted by Gasteiger charge is 2.42. The van der Waals surface area contributed by atoms with Crippen LogP contribution in [0.3, 0.4) is 0 Å². The molecule has 1 fully saturated rings. The van der Waals surface area contributed by atoms with Crippen LogP contribution >= 0.6 is 0 Å². The van der Waals surface area contributed by atoms with Crippen molar-refractivity contribution in [2.24, 2.45) is 0 Å². The zero-order valence-electron chi connectivity index (χ0n) is 15.6. The molecule has 0 aromatic heterocycles. The first-order valence-corrected chi connectivity index (χ1v) is 9.09. The quantitative estimate of drug-likeness (QED) is 0.699. The lowest BCUT2D eigenvalue weighted by Crippen LogP contribution is -2.52. The molecule has 0 spiro atoms. The molecule has 0 saturated heterocycles. The van der Waals surface area contributed by atoms with Gasteiger partial charge in [0, 0.05) is 5.56 Å². The highest BCUT2D eigenvalue weighted by molar-refractivity contribution is 5.99. The van der Waals surface area contributed by atoms with E-state index in [2.05, 4.69) is 5.32 Å². The molecule has 1 aliphatic rings. The minimum Gasteiger partial charge on any atom is -0.490 e. The molecule has 1 saturated carbocycles. The number of hydrogen-bond donors (Lipinski definition) is 2. The van der Waals surface area contributed by atoms with E-state index in [0.29, 0.717) is 49.9 Å². The molecule has 2 N–H and O–H groups in total. The minimum absolute atomic E-state index is 0.285. The summed E-state index contributed by atoms with van der Waals surface area (Å²) in [5, 5.41) is 12.3. The molecule has 1 aliphatic carbocycles. The van der Waals surface area contributed by atoms with Gasteiger partial charge in [-0.3, -0.25) is 4.79 Å². The van der Waals surface area contributed by atoms with Gasteiger partial charge in [0.2, 0.25) is 5.75 Å². The molecular formula is C19H27NO6. The van der Waals surface area contributed by atoms with Crippen LogP contribution in [0.25, 0.3) is 0 Å². The highest BCUT2D eigenvalue weighted by atomic mass is 16.5. The van der Waals surface area contributed by atoms with Gasteiger partial charge in [-0.2, -0.15) is 0 Å². The topological polar surface area (TPSA) is 94.1 Å². The Morgan fingerprint density at radius 3 is 1.92 bits per heavy atom. The third-order valence-electron chi connectivity index (χ3n) is 4.39. The summed E-state index contributed by atoms with van der Waals surface area (Å²) in [5.74, 6) is -0.201. The molecule has 144 valence electrons. The predicted octanol–water partition coefficient (Wildman–Crippen LogP) is 3.01. The van der Waals surface area contributed by atoms with E-state index < -0.39 is 17.4 Å². The fourth-order valence-electron chi connectivity index (χ4n) is 3.18. The Labute approximate surface area is 153 Å². The first kappa shape index (κ1) is 19.9. The lowest BCUT2D eigenvalue weighted by atomic mass is 9.97. The molecule has 7 nitrogen and oxygen atoms in total. The lowest BCUT2D eigenvalue weighted by Gasteiger charge is -2.25. The standard InChI is InChI=1S/C19H27NO6/c1-4-24-14-11-13(12-15(25-5-2)16(14)26-6-3)17(21)20-19(18(22)23)9-7-8-10-19/h11-12H,4-10H2,1-3H3,(H,20,21)(H,22,23). The van der Waals surface area contributed by atoms with Gasteiger partial charge in [-0.25, -0.2) is 4.79 Å². The molecule has 0 atom stereocenters. The second-order valence-corrected chi connectivity index (χ2v) is 6.15. The number of hydrogen-bond acceptors (Lipinski definition) is 5. The Hall–Kier alpha value is -2.44. The summed E-state index contributed by atoms with van der Waals surface area (Å²) in [6, 6.07) is 3.13. The number of carboxylic acids is 1. The Kier molecular flexibility index (Phi) is 6.71. The SMILES string of the molecule is CCOc1cc(C(=O)NC2(C(=O)O)CCCC2)cc(OCC)c1OCC. The van der Waals surface area contributed by atoms with Crippen LogP contribution in [0.1, 0.15) is 56.8 Å². The van der Waals surface area contributed by atoms with E-state index in [1.807, 2.05) is 20.8 Å². The molecule has 0 unspecified atom stereocenters. The molecule has 0 bridgehead atoms. The molecule has 2 rings (SSSR count). The number of benzene rings is 1. The Balaban J connectivity index is 2.37. The van der Waals surface area contributed by atoms with Crippen LogP contribution in [0.2, 0.25) is 0 Å². The average Bonchev–Trinajstić information content (AvgIpc) is 3.07. The zero-order valence-corrected chi connectivity index (χ0v) is 15.6. The van der Waals surface area contributed by atoms with Crippen molar-refractivity contribution in [1.82, 2.24) is 5.32 Å². The van der Waals surface area contributed by atoms with E-state index in [4.69, 9.17) is 14.2 Å². The van der Waals surface area contributed by atoms with Crippen LogP contribution in [-0.4, -0.2) is 42.3 Å². The predicted molar refractivity (Wildman–Crippen MR) is 96.3 cm³/mol. The maximum atomic E-state index is 12.8. The van der Waals surface area contributed by atoms with E-state index in [1.165, 1.54) is 0 Å². The number of rotatable bonds is 9. The largest absolute Gasteiger partial charge is 0.490 e. The van der Waals surface area contributed by atoms with Gasteiger partial charge < -0.3 is 24.6 Å². The third-order valence-corrected chi connectivity index (χ3v) is 4.39. The number of carbonyl (C=O) groups is 2. The Bertz CT molecular complexity index is 624. The van der Waals surface area contributed by atoms with Crippen molar-refractivity contribution < 1.29 is 28.9 Å². The van der Waals surface area contributed by atoms with Gasteiger partial charge in [-0.05, 0) is 45.7 Å². The monoisotopic (exact) mass is 365 g/mol. The molecule has 0 heterocycles. The maximum Gasteiger partial charge on any atom is 0.329 e. The first-order valence-electron chi connectivity index (χ1n) is 9.09. The van der Waals surface area contributed by atoms with E-state index >= 15 is 0 Å². The van der Waals surface area contributed by atoms with Crippen molar-refractivity contribution in [3.63, 3.8) is 0 Å². The van der Waals surface area contributed by atoms with Crippen molar-refractivity contribution in [3.05, 3.63) is 17.7 Å². The highest BCUT2D eigenvalue weighted by Crippen LogP contribution is 2.39. The number of aliphatic carboxylic acids is 1. The number of nitrogens with one attached hydrogen (secondary N) is 1. The number of ether oxygens (including phenoxy) is 3. The van der Waals surface area contributed by atoms with Gasteiger partial charge in [0.25, 0.3) is 5.91 Å². The molecule has 1 aromatic rings. The van der Waals surface area contributed by atoms with E-state index in [0.717, 1.165) is 12.8 Å². The van der Waals surface area contributed by atoms with E-state index in [-0.39, 0.29) is 5.56 Å². The molecule has 26 heavy (non-hydrogen) atoms. The van der Waals surface area contributed by atoms with E-state index in [9.17, 15) is 14.7 Å². The van der Waals surface area contributed by atoms with Gasteiger partial charge in [0.05, 0.1) is 19.8 Å². The summed E-state index contributed by atoms with van der Waals surface area (Å²) in [4.78, 5) is 24.5. The summed E-state index contributed by atoms with van der Waals surface area (Å²) in [6.07, 6.45) is 2.43. The fraction of sp³-hybridized carbons (Fsp3) is 0.579. The summed E-state index contributed by atoms with van der Waals surface area (Å²) < 4.78 is 16.8. The summed E-state index contributed by atoms with van der Waals surface area (Å²) in [6.45, 7) is 6.74. The molecule has 7 heteroatoms. The van der Waals surface area contributed by atoms with Crippen LogP contribution in [0.15, 0.2) is 12.1 Å². The second kappa shape index (κ2) is 8.78. The first-order chi connectivity index (χ1) is 12.5. The lowest BCUT2D eigenvalue weighted by molar-refractivity contribution is -0.144. The zero-order chi connectivity index (χ0) is 19.2. The van der Waals surface area contributed by atoms with Crippen molar-refractivity contribution in [3.8, 4) is 17.2 Å². The number of carboxylic acid groups (broad SMARTS) is 1. The smallest absolute Gasteiger partial charge is 0.329 e. The molecule has 0 radical (unpaired) electrons. The van der Waals surface area contributed by atoms with Crippen molar-refractivity contribution in [2.75, 3.05) is 19.8 Å². The van der Waals surface area contributed by atoms with Gasteiger partial charge in [-0.15, -0.1) is 0 Å². The number of amides is 1. The van der Waals surface area contributed by atoms with Gasteiger partial charge in [0.15, 0.2) is 11.5 Å². The third kappa shape index (κ3) is 4.20. The van der Waals surface area contributed by atoms with Crippen molar-refractivity contribution in [1.29, 1.82) is 0 Å². The van der Waals surface area contributed by atoms with Crippen LogP contribution in [0, 0.1) is 0 Å². The minimum atomic E-state index is -1.20. The van der Waals surface area contributed by atoms with Gasteiger partial charge in [0.1, 0.15) is 5.54 Å².